The third-order valence-corrected chi connectivity index (χ3v) is 6.86. The minimum Gasteiger partial charge on any atom is -0.391 e. The van der Waals surface area contributed by atoms with Gasteiger partial charge in [-0.05, 0) is 42.2 Å². The molecule has 1 unspecified atom stereocenters. The molecule has 0 aromatic heterocycles. The Kier molecular flexibility index (Phi) is 8.50. The van der Waals surface area contributed by atoms with Gasteiger partial charge in [0.15, 0.2) is 0 Å². The highest BCUT2D eigenvalue weighted by Crippen LogP contribution is 2.30. The van der Waals surface area contributed by atoms with Crippen LogP contribution in [0.15, 0.2) is 24.3 Å². The number of likely N-dealkylation sites (tertiary alicyclic amines) is 1. The fraction of sp³-hybridized carbons (Fsp3) is 0.583. The number of benzene rings is 1. The molecule has 0 spiro atoms. The number of nitrogens with zero attached hydrogens (tertiary/aromatic N) is 3. The fourth-order valence-electron chi connectivity index (χ4n) is 4.14. The molecule has 2 amide bonds. The van der Waals surface area contributed by atoms with Crippen molar-refractivity contribution in [2.45, 2.75) is 38.9 Å². The molecule has 33 heavy (non-hydrogen) atoms. The van der Waals surface area contributed by atoms with Crippen LogP contribution in [-0.2, 0) is 9.59 Å². The molecule has 0 aliphatic carbocycles. The van der Waals surface area contributed by atoms with Crippen molar-refractivity contribution >= 4 is 29.5 Å². The molecular weight excluding hydrogens is 449 g/mol. The number of rotatable bonds is 6. The minimum atomic E-state index is -0.729. The Morgan fingerprint density at radius 3 is 2.73 bits per heavy atom. The summed E-state index contributed by atoms with van der Waals surface area (Å²) in [5, 5.41) is 20.8. The molecule has 3 rings (SSSR count). The van der Waals surface area contributed by atoms with Crippen LogP contribution in [0.5, 0.6) is 0 Å². The average Bonchev–Trinajstić information content (AvgIpc) is 2.93. The molecule has 1 aromatic carbocycles. The second-order valence-electron chi connectivity index (χ2n) is 9.59. The summed E-state index contributed by atoms with van der Waals surface area (Å²) in [5.41, 5.74) is 0.479. The Balaban J connectivity index is 1.50. The topological polar surface area (TPSA) is 84.3 Å². The predicted octanol–water partition coefficient (Wildman–Crippen LogP) is 2.01. The van der Waals surface area contributed by atoms with Crippen molar-refractivity contribution in [3.63, 3.8) is 0 Å². The summed E-state index contributed by atoms with van der Waals surface area (Å²) in [6, 6.07) is 4.21. The highest BCUT2D eigenvalue weighted by atomic mass is 35.5. The number of aliphatic hydroxyl groups is 2. The van der Waals surface area contributed by atoms with Crippen LogP contribution < -0.4 is 0 Å². The highest BCUT2D eigenvalue weighted by molar-refractivity contribution is 6.30. The van der Waals surface area contributed by atoms with E-state index in [1.807, 2.05) is 18.7 Å². The number of aliphatic hydroxyl groups excluding tert-OH is 2. The van der Waals surface area contributed by atoms with Gasteiger partial charge < -0.3 is 20.0 Å². The normalized spacial score (nSPS) is 23.1. The smallest absolute Gasteiger partial charge is 0.246 e. The van der Waals surface area contributed by atoms with E-state index >= 15 is 0 Å². The molecule has 182 valence electrons. The molecular formula is C24H33ClFN3O4. The molecule has 2 saturated heterocycles. The van der Waals surface area contributed by atoms with Crippen molar-refractivity contribution in [2.75, 3.05) is 45.8 Å². The maximum Gasteiger partial charge on any atom is 0.246 e. The average molecular weight is 482 g/mol. The van der Waals surface area contributed by atoms with Gasteiger partial charge in [0.05, 0.1) is 17.2 Å². The largest absolute Gasteiger partial charge is 0.391 e. The monoisotopic (exact) mass is 481 g/mol. The van der Waals surface area contributed by atoms with Gasteiger partial charge in [0.25, 0.3) is 0 Å². The summed E-state index contributed by atoms with van der Waals surface area (Å²) in [6.07, 6.45) is 2.81. The van der Waals surface area contributed by atoms with Crippen molar-refractivity contribution in [1.82, 2.24) is 14.7 Å². The van der Waals surface area contributed by atoms with Gasteiger partial charge in [-0.15, -0.1) is 0 Å². The number of piperidine rings is 1. The lowest BCUT2D eigenvalue weighted by Gasteiger charge is -2.42. The van der Waals surface area contributed by atoms with Crippen LogP contribution in [0, 0.1) is 11.2 Å². The lowest BCUT2D eigenvalue weighted by Crippen LogP contribution is -2.51. The van der Waals surface area contributed by atoms with Gasteiger partial charge >= 0.3 is 0 Å². The maximum atomic E-state index is 13.3. The lowest BCUT2D eigenvalue weighted by molar-refractivity contribution is -0.132. The highest BCUT2D eigenvalue weighted by Gasteiger charge is 2.35. The summed E-state index contributed by atoms with van der Waals surface area (Å²) in [5.74, 6) is -0.859. The van der Waals surface area contributed by atoms with E-state index in [1.165, 1.54) is 24.3 Å². The van der Waals surface area contributed by atoms with Crippen LogP contribution in [0.4, 0.5) is 4.39 Å². The van der Waals surface area contributed by atoms with Crippen molar-refractivity contribution in [3.8, 4) is 0 Å². The summed E-state index contributed by atoms with van der Waals surface area (Å²) in [4.78, 5) is 30.4. The number of hydrogen-bond acceptors (Lipinski definition) is 5. The zero-order chi connectivity index (χ0) is 24.2. The second kappa shape index (κ2) is 11.0. The van der Waals surface area contributed by atoms with Gasteiger partial charge in [0, 0.05) is 51.8 Å². The van der Waals surface area contributed by atoms with Crippen LogP contribution in [-0.4, -0.2) is 94.7 Å². The van der Waals surface area contributed by atoms with Crippen LogP contribution in [0.1, 0.15) is 32.3 Å². The Morgan fingerprint density at radius 1 is 1.27 bits per heavy atom. The summed E-state index contributed by atoms with van der Waals surface area (Å²) < 4.78 is 13.3. The minimum absolute atomic E-state index is 0.0121. The van der Waals surface area contributed by atoms with E-state index in [-0.39, 0.29) is 35.2 Å². The van der Waals surface area contributed by atoms with Gasteiger partial charge in [-0.2, -0.15) is 0 Å². The third-order valence-electron chi connectivity index (χ3n) is 6.57. The third kappa shape index (κ3) is 6.99. The zero-order valence-electron chi connectivity index (χ0n) is 19.2. The first-order valence-electron chi connectivity index (χ1n) is 11.3. The van der Waals surface area contributed by atoms with Gasteiger partial charge in [0.2, 0.25) is 11.8 Å². The van der Waals surface area contributed by atoms with E-state index in [0.717, 1.165) is 13.0 Å². The van der Waals surface area contributed by atoms with Crippen LogP contribution in [0.3, 0.4) is 0 Å². The number of β-amino-alcohol motifs (C(OH)–C–C–N with tert-alkyl or cyclic N) is 2. The SMILES string of the molecule is CC1(C)CCN(C[C@H](O)CN2CCN(C(=O)/C=C/c3ccc(F)c(Cl)c3)CCC2=O)CC1O. The molecule has 2 N–H and O–H groups in total. The zero-order valence-corrected chi connectivity index (χ0v) is 20.0. The molecule has 2 atom stereocenters. The van der Waals surface area contributed by atoms with Crippen molar-refractivity contribution in [2.24, 2.45) is 5.41 Å². The number of halogens is 2. The van der Waals surface area contributed by atoms with E-state index < -0.39 is 18.0 Å². The molecule has 9 heteroatoms. The Labute approximate surface area is 199 Å². The molecule has 2 aliphatic heterocycles. The lowest BCUT2D eigenvalue weighted by atomic mass is 9.80. The van der Waals surface area contributed by atoms with Crippen molar-refractivity contribution in [3.05, 3.63) is 40.7 Å². The maximum absolute atomic E-state index is 13.3. The number of carbonyl (C=O) groups excluding carboxylic acids is 2. The van der Waals surface area contributed by atoms with Crippen LogP contribution in [0.25, 0.3) is 6.08 Å². The summed E-state index contributed by atoms with van der Waals surface area (Å²) in [7, 11) is 0. The van der Waals surface area contributed by atoms with E-state index in [9.17, 15) is 24.2 Å². The Morgan fingerprint density at radius 2 is 2.03 bits per heavy atom. The van der Waals surface area contributed by atoms with Gasteiger partial charge in [-0.3, -0.25) is 14.5 Å². The molecule has 0 radical (unpaired) electrons. The van der Waals surface area contributed by atoms with Crippen LogP contribution in [0.2, 0.25) is 5.02 Å². The van der Waals surface area contributed by atoms with E-state index in [2.05, 4.69) is 0 Å². The predicted molar refractivity (Wildman–Crippen MR) is 125 cm³/mol. The molecule has 0 saturated carbocycles. The summed E-state index contributed by atoms with van der Waals surface area (Å²) >= 11 is 5.77. The first kappa shape index (κ1) is 25.6. The van der Waals surface area contributed by atoms with Crippen LogP contribution >= 0.6 is 11.6 Å². The van der Waals surface area contributed by atoms with Crippen molar-refractivity contribution < 1.29 is 24.2 Å². The van der Waals surface area contributed by atoms with Gasteiger partial charge in [-0.25, -0.2) is 4.39 Å². The van der Waals surface area contributed by atoms with E-state index in [1.54, 1.807) is 15.9 Å². The standard InChI is InChI=1S/C24H33ClFN3O4/c1-24(2)8-10-27(16-21(24)31)14-18(30)15-29-12-11-28(9-7-23(29)33)22(32)6-4-17-3-5-20(26)19(25)13-17/h3-6,13,18,21,30-31H,7-12,14-16H2,1-2H3/b6-4+/t18-,21?/m0/s1. The first-order chi connectivity index (χ1) is 15.5. The van der Waals surface area contributed by atoms with Crippen molar-refractivity contribution in [1.29, 1.82) is 0 Å². The molecule has 7 nitrogen and oxygen atoms in total. The molecule has 0 bridgehead atoms. The summed E-state index contributed by atoms with van der Waals surface area (Å²) in [6.45, 7) is 6.97. The molecule has 1 aromatic rings. The Hall–Kier alpha value is -2.00. The number of hydrogen-bond donors (Lipinski definition) is 2. The Bertz CT molecular complexity index is 894. The van der Waals surface area contributed by atoms with E-state index in [0.29, 0.717) is 38.3 Å². The van der Waals surface area contributed by atoms with Gasteiger partial charge in [0.1, 0.15) is 5.82 Å². The van der Waals surface area contributed by atoms with Gasteiger partial charge in [-0.1, -0.05) is 31.5 Å². The molecule has 2 aliphatic rings. The second-order valence-corrected chi connectivity index (χ2v) is 10.00. The molecule has 2 heterocycles. The number of carbonyl (C=O) groups is 2. The number of amides is 2. The quantitative estimate of drug-likeness (QED) is 0.607. The fourth-order valence-corrected chi connectivity index (χ4v) is 4.33. The van der Waals surface area contributed by atoms with E-state index in [4.69, 9.17) is 11.6 Å². The first-order valence-corrected chi connectivity index (χ1v) is 11.7. The molecule has 2 fully saturated rings.